The second-order valence-corrected chi connectivity index (χ2v) is 14.8. The number of alkyl halides is 3. The lowest BCUT2D eigenvalue weighted by Gasteiger charge is -2.43. The number of aromatic nitrogens is 1. The van der Waals surface area contributed by atoms with Crippen molar-refractivity contribution in [2.45, 2.75) is 28.8 Å². The molecule has 2 N–H and O–H groups in total. The number of carbonyl (C=O) groups excluding carboxylic acids is 3. The van der Waals surface area contributed by atoms with Crippen LogP contribution in [-0.2, 0) is 20.6 Å². The van der Waals surface area contributed by atoms with Gasteiger partial charge < -0.3 is 19.8 Å². The Morgan fingerprint density at radius 2 is 1.61 bits per heavy atom. The first kappa shape index (κ1) is 31.7. The van der Waals surface area contributed by atoms with Crippen molar-refractivity contribution < 1.29 is 37.0 Å². The lowest BCUT2D eigenvalue weighted by molar-refractivity contribution is -0.137. The van der Waals surface area contributed by atoms with Gasteiger partial charge in [-0.1, -0.05) is 35.6 Å². The fourth-order valence-electron chi connectivity index (χ4n) is 8.32. The van der Waals surface area contributed by atoms with Crippen molar-refractivity contribution in [3.8, 4) is 11.5 Å². The van der Waals surface area contributed by atoms with Crippen molar-refractivity contribution in [1.29, 1.82) is 0 Å². The molecule has 8 rings (SSSR count). The van der Waals surface area contributed by atoms with Gasteiger partial charge in [0.25, 0.3) is 5.91 Å². The number of methoxy groups -OCH3 is 1. The molecule has 4 aromatic rings. The zero-order valence-corrected chi connectivity index (χ0v) is 27.4. The van der Waals surface area contributed by atoms with Gasteiger partial charge in [0.15, 0.2) is 6.61 Å². The number of H-pyrrole nitrogens is 1. The number of anilines is 2. The fourth-order valence-corrected chi connectivity index (χ4v) is 11.2. The summed E-state index contributed by atoms with van der Waals surface area (Å²) in [4.78, 5) is 57.9. The van der Waals surface area contributed by atoms with Gasteiger partial charge in [0.1, 0.15) is 11.5 Å². The number of aromatic amines is 1. The van der Waals surface area contributed by atoms with Crippen molar-refractivity contribution in [3.05, 3.63) is 98.5 Å². The molecule has 4 aliphatic rings. The van der Waals surface area contributed by atoms with Crippen LogP contribution in [0.15, 0.2) is 82.6 Å². The van der Waals surface area contributed by atoms with Gasteiger partial charge in [0.2, 0.25) is 11.8 Å². The number of imide groups is 1. The summed E-state index contributed by atoms with van der Waals surface area (Å²) < 4.78 is 50.9. The average molecular weight is 708 g/mol. The van der Waals surface area contributed by atoms with Crippen LogP contribution in [0.2, 0.25) is 0 Å². The molecular formula is C35H28F3N3O6S2. The molecule has 2 bridgehead atoms. The van der Waals surface area contributed by atoms with E-state index in [1.165, 1.54) is 23.1 Å². The van der Waals surface area contributed by atoms with E-state index < -0.39 is 36.1 Å². The second kappa shape index (κ2) is 11.8. The lowest BCUT2D eigenvalue weighted by atomic mass is 9.68. The van der Waals surface area contributed by atoms with Crippen LogP contribution in [0.3, 0.4) is 0 Å². The maximum atomic E-state index is 14.0. The van der Waals surface area contributed by atoms with Gasteiger partial charge in [-0.2, -0.15) is 13.2 Å². The number of hydrogen-bond donors (Lipinski definition) is 2. The molecule has 3 fully saturated rings. The van der Waals surface area contributed by atoms with E-state index in [1.807, 2.05) is 12.1 Å². The Labute approximate surface area is 285 Å². The highest BCUT2D eigenvalue weighted by Crippen LogP contribution is 2.68. The number of hydrogen-bond acceptors (Lipinski definition) is 8. The van der Waals surface area contributed by atoms with Crippen molar-refractivity contribution in [2.24, 2.45) is 29.6 Å². The molecule has 9 nitrogen and oxygen atoms in total. The number of halogens is 3. The third-order valence-corrected chi connectivity index (χ3v) is 12.8. The van der Waals surface area contributed by atoms with Crippen LogP contribution in [0.5, 0.6) is 11.5 Å². The van der Waals surface area contributed by atoms with E-state index in [2.05, 4.69) is 10.3 Å². The summed E-state index contributed by atoms with van der Waals surface area (Å²) in [7, 11) is 1.55. The number of rotatable bonds is 7. The summed E-state index contributed by atoms with van der Waals surface area (Å²) in [6.07, 6.45) is -3.88. The molecule has 0 radical (unpaired) electrons. The van der Waals surface area contributed by atoms with Crippen LogP contribution in [0, 0.1) is 29.6 Å². The Balaban J connectivity index is 1.03. The van der Waals surface area contributed by atoms with E-state index in [1.54, 1.807) is 55.3 Å². The van der Waals surface area contributed by atoms with Gasteiger partial charge in [-0.25, -0.2) is 0 Å². The Morgan fingerprint density at radius 1 is 0.939 bits per heavy atom. The number of para-hydroxylation sites is 1. The smallest absolute Gasteiger partial charge is 0.418 e. The molecule has 6 unspecified atom stereocenters. The number of fused-ring (bicyclic) bond motifs is 9. The van der Waals surface area contributed by atoms with E-state index in [0.29, 0.717) is 17.2 Å². The summed E-state index contributed by atoms with van der Waals surface area (Å²) in [6, 6.07) is 18.7. The summed E-state index contributed by atoms with van der Waals surface area (Å²) in [5.41, 5.74) is 0.115. The number of carbonyl (C=O) groups is 3. The Kier molecular flexibility index (Phi) is 7.63. The number of thiazole rings is 1. The predicted octanol–water partition coefficient (Wildman–Crippen LogP) is 6.16. The van der Waals surface area contributed by atoms with Gasteiger partial charge in [0, 0.05) is 16.0 Å². The largest absolute Gasteiger partial charge is 0.497 e. The number of nitrogens with zero attached hydrogens (tertiary/aromatic N) is 1. The van der Waals surface area contributed by atoms with E-state index in [4.69, 9.17) is 9.47 Å². The monoisotopic (exact) mass is 707 g/mol. The minimum Gasteiger partial charge on any atom is -0.497 e. The van der Waals surface area contributed by atoms with E-state index >= 15 is 0 Å². The number of thioether (sulfide) groups is 1. The fraction of sp³-hybridized carbons (Fsp3) is 0.314. The third-order valence-electron chi connectivity index (χ3n) is 10.2. The van der Waals surface area contributed by atoms with Gasteiger partial charge in [-0.05, 0) is 78.3 Å². The van der Waals surface area contributed by atoms with Crippen LogP contribution >= 0.6 is 23.1 Å². The van der Waals surface area contributed by atoms with E-state index in [9.17, 15) is 32.3 Å². The zero-order valence-electron chi connectivity index (χ0n) is 25.7. The van der Waals surface area contributed by atoms with E-state index in [-0.39, 0.29) is 51.3 Å². The number of nitrogens with one attached hydrogen (secondary N) is 2. The lowest BCUT2D eigenvalue weighted by Crippen LogP contribution is -2.42. The van der Waals surface area contributed by atoms with Crippen molar-refractivity contribution >= 4 is 52.2 Å². The third kappa shape index (κ3) is 5.23. The van der Waals surface area contributed by atoms with Gasteiger partial charge in [0.05, 0.1) is 40.9 Å². The molecule has 7 atom stereocenters. The van der Waals surface area contributed by atoms with Crippen LogP contribution < -0.4 is 24.6 Å². The minimum atomic E-state index is -4.62. The molecule has 2 aliphatic carbocycles. The zero-order chi connectivity index (χ0) is 34.2. The van der Waals surface area contributed by atoms with Crippen molar-refractivity contribution in [3.63, 3.8) is 0 Å². The topological polar surface area (TPSA) is 118 Å². The number of ether oxygens (including phenoxy) is 2. The van der Waals surface area contributed by atoms with Crippen LogP contribution in [0.1, 0.15) is 28.3 Å². The average Bonchev–Trinajstić information content (AvgIpc) is 3.82. The molecule has 14 heteroatoms. The van der Waals surface area contributed by atoms with Crippen LogP contribution in [0.25, 0.3) is 0 Å². The molecule has 3 amide bonds. The molecule has 0 spiro atoms. The quantitative estimate of drug-likeness (QED) is 0.221. The maximum absolute atomic E-state index is 14.0. The van der Waals surface area contributed by atoms with Crippen molar-refractivity contribution in [2.75, 3.05) is 23.9 Å². The van der Waals surface area contributed by atoms with Crippen LogP contribution in [-0.4, -0.2) is 41.7 Å². The Bertz CT molecular complexity index is 2030. The number of amides is 3. The first-order chi connectivity index (χ1) is 23.5. The molecule has 2 aliphatic heterocycles. The SMILES string of the molecule is COc1ccc(N2C(=O)C3C4CC(C3C2=O)C2C4Sc3[nH]c(=O)sc3[C@@H]2c2ccc(OCC(=O)Nc3ccccc3C(F)(F)F)cc2)cc1. The van der Waals surface area contributed by atoms with Gasteiger partial charge >= 0.3 is 11.0 Å². The molecule has 3 aromatic carbocycles. The molecule has 1 saturated heterocycles. The first-order valence-electron chi connectivity index (χ1n) is 15.6. The normalized spacial score (nSPS) is 26.7. The first-order valence-corrected chi connectivity index (χ1v) is 17.3. The summed E-state index contributed by atoms with van der Waals surface area (Å²) in [5, 5.41) is 3.07. The highest BCUT2D eigenvalue weighted by molar-refractivity contribution is 8.00. The maximum Gasteiger partial charge on any atom is 0.418 e. The molecule has 2 saturated carbocycles. The highest BCUT2D eigenvalue weighted by Gasteiger charge is 2.69. The summed E-state index contributed by atoms with van der Waals surface area (Å²) in [6.45, 7) is -0.506. The molecule has 49 heavy (non-hydrogen) atoms. The van der Waals surface area contributed by atoms with E-state index in [0.717, 1.165) is 39.3 Å². The number of benzene rings is 3. The summed E-state index contributed by atoms with van der Waals surface area (Å²) in [5.74, 6) is -1.35. The minimum absolute atomic E-state index is 0.00554. The van der Waals surface area contributed by atoms with Gasteiger partial charge in [-0.3, -0.25) is 24.1 Å². The van der Waals surface area contributed by atoms with Gasteiger partial charge in [-0.15, -0.1) is 11.8 Å². The Hall–Kier alpha value is -4.56. The molecule has 252 valence electrons. The second-order valence-electron chi connectivity index (χ2n) is 12.6. The predicted molar refractivity (Wildman–Crippen MR) is 176 cm³/mol. The molecule has 1 aromatic heterocycles. The molecule has 3 heterocycles. The summed E-state index contributed by atoms with van der Waals surface area (Å²) >= 11 is 2.75. The Morgan fingerprint density at radius 3 is 2.31 bits per heavy atom. The molecular weight excluding hydrogens is 680 g/mol. The standard InChI is InChI=1S/C35H28F3N3O6S2/c1-46-18-12-8-17(9-13-18)41-32(43)27-20-14-21(28(27)33(41)44)29-26(20)25(30-31(48-29)40-34(45)49-30)16-6-10-19(11-7-16)47-15-24(42)39-23-5-3-2-4-22(23)35(36,37)38/h2-13,20-21,25-29H,14-15H2,1H3,(H,39,42)(H,40,45)/t20?,21?,25-,26?,27?,28?,29?/m1/s1. The van der Waals surface area contributed by atoms with Crippen LogP contribution in [0.4, 0.5) is 24.5 Å². The van der Waals surface area contributed by atoms with Crippen molar-refractivity contribution in [1.82, 2.24) is 4.98 Å². The highest BCUT2D eigenvalue weighted by atomic mass is 32.2.